The SMILES string of the molecule is CN(C)CC(Nc1nc(=O)[nH]c2c(C(N)=O)cccc12)c1cccc(F)c1. The monoisotopic (exact) mass is 369 g/mol. The van der Waals surface area contributed by atoms with E-state index in [1.807, 2.05) is 19.0 Å². The number of anilines is 1. The normalized spacial score (nSPS) is 12.3. The highest BCUT2D eigenvalue weighted by Gasteiger charge is 2.18. The smallest absolute Gasteiger partial charge is 0.347 e. The number of nitrogens with two attached hydrogens (primary N) is 1. The molecule has 0 saturated heterocycles. The van der Waals surface area contributed by atoms with Gasteiger partial charge in [-0.2, -0.15) is 4.98 Å². The molecule has 0 spiro atoms. The van der Waals surface area contributed by atoms with E-state index in [-0.39, 0.29) is 17.4 Å². The van der Waals surface area contributed by atoms with E-state index in [1.54, 1.807) is 24.3 Å². The number of primary amides is 1. The molecule has 2 aromatic carbocycles. The first-order chi connectivity index (χ1) is 12.8. The molecule has 3 aromatic rings. The number of nitrogens with one attached hydrogen (secondary N) is 2. The highest BCUT2D eigenvalue weighted by Crippen LogP contribution is 2.26. The number of halogens is 1. The zero-order valence-electron chi connectivity index (χ0n) is 15.0. The number of aromatic nitrogens is 2. The molecule has 0 radical (unpaired) electrons. The number of carbonyl (C=O) groups excluding carboxylic acids is 1. The fourth-order valence-corrected chi connectivity index (χ4v) is 2.98. The molecule has 0 aliphatic carbocycles. The number of hydrogen-bond acceptors (Lipinski definition) is 5. The number of amides is 1. The largest absolute Gasteiger partial charge is 0.366 e. The van der Waals surface area contributed by atoms with Gasteiger partial charge in [0.2, 0.25) is 0 Å². The van der Waals surface area contributed by atoms with Gasteiger partial charge in [-0.25, -0.2) is 9.18 Å². The summed E-state index contributed by atoms with van der Waals surface area (Å²) in [6, 6.07) is 10.8. The summed E-state index contributed by atoms with van der Waals surface area (Å²) in [5.41, 5.74) is 6.02. The number of rotatable bonds is 6. The maximum absolute atomic E-state index is 13.7. The van der Waals surface area contributed by atoms with E-state index in [4.69, 9.17) is 5.73 Å². The Bertz CT molecular complexity index is 1050. The van der Waals surface area contributed by atoms with Crippen molar-refractivity contribution >= 4 is 22.6 Å². The van der Waals surface area contributed by atoms with Crippen LogP contribution in [0.2, 0.25) is 0 Å². The van der Waals surface area contributed by atoms with Gasteiger partial charge in [0.15, 0.2) is 0 Å². The quantitative estimate of drug-likeness (QED) is 0.615. The van der Waals surface area contributed by atoms with Crippen LogP contribution >= 0.6 is 0 Å². The van der Waals surface area contributed by atoms with Gasteiger partial charge in [0.05, 0.1) is 17.1 Å². The number of aromatic amines is 1. The summed E-state index contributed by atoms with van der Waals surface area (Å²) in [6.45, 7) is 0.537. The van der Waals surface area contributed by atoms with Crippen LogP contribution in [0.3, 0.4) is 0 Å². The number of likely N-dealkylation sites (N-methyl/N-ethyl adjacent to an activating group) is 1. The Morgan fingerprint density at radius 2 is 2.04 bits per heavy atom. The molecule has 3 rings (SSSR count). The second-order valence-electron chi connectivity index (χ2n) is 6.50. The van der Waals surface area contributed by atoms with Crippen LogP contribution < -0.4 is 16.7 Å². The van der Waals surface area contributed by atoms with Gasteiger partial charge in [-0.15, -0.1) is 0 Å². The van der Waals surface area contributed by atoms with Crippen LogP contribution in [0.25, 0.3) is 10.9 Å². The Hall–Kier alpha value is -3.26. The van der Waals surface area contributed by atoms with Crippen molar-refractivity contribution in [2.24, 2.45) is 5.73 Å². The predicted molar refractivity (Wildman–Crippen MR) is 102 cm³/mol. The van der Waals surface area contributed by atoms with E-state index >= 15 is 0 Å². The topological polar surface area (TPSA) is 104 Å². The number of carbonyl (C=O) groups is 1. The first-order valence-electron chi connectivity index (χ1n) is 8.34. The fraction of sp³-hybridized carbons (Fsp3) is 0.211. The highest BCUT2D eigenvalue weighted by atomic mass is 19.1. The third kappa shape index (κ3) is 4.12. The molecule has 0 bridgehead atoms. The summed E-state index contributed by atoms with van der Waals surface area (Å²) in [7, 11) is 3.78. The molecule has 1 amide bonds. The summed E-state index contributed by atoms with van der Waals surface area (Å²) >= 11 is 0. The molecule has 0 aliphatic rings. The van der Waals surface area contributed by atoms with Crippen LogP contribution in [0.1, 0.15) is 22.0 Å². The van der Waals surface area contributed by atoms with Crippen LogP contribution in [-0.4, -0.2) is 41.4 Å². The lowest BCUT2D eigenvalue weighted by atomic mass is 10.1. The minimum absolute atomic E-state index is 0.199. The Morgan fingerprint density at radius 1 is 1.30 bits per heavy atom. The predicted octanol–water partition coefficient (Wildman–Crippen LogP) is 1.88. The molecule has 0 saturated carbocycles. The van der Waals surface area contributed by atoms with E-state index in [0.717, 1.165) is 0 Å². The van der Waals surface area contributed by atoms with Crippen LogP contribution in [0, 0.1) is 5.82 Å². The van der Waals surface area contributed by atoms with Crippen LogP contribution in [0.15, 0.2) is 47.3 Å². The molecular formula is C19H20FN5O2. The molecule has 0 aliphatic heterocycles. The fourth-order valence-electron chi connectivity index (χ4n) is 2.98. The first kappa shape index (κ1) is 18.5. The number of nitrogens with zero attached hydrogens (tertiary/aromatic N) is 2. The van der Waals surface area contributed by atoms with E-state index in [2.05, 4.69) is 15.3 Å². The van der Waals surface area contributed by atoms with Gasteiger partial charge >= 0.3 is 5.69 Å². The van der Waals surface area contributed by atoms with Gasteiger partial charge in [-0.3, -0.25) is 4.79 Å². The minimum Gasteiger partial charge on any atom is -0.366 e. The summed E-state index contributed by atoms with van der Waals surface area (Å²) < 4.78 is 13.7. The number of hydrogen-bond donors (Lipinski definition) is 3. The molecule has 1 atom stereocenters. The number of para-hydroxylation sites is 1. The average Bonchev–Trinajstić information content (AvgIpc) is 2.60. The standard InChI is InChI=1S/C19H20FN5O2/c1-25(2)10-15(11-5-3-6-12(20)9-11)22-18-14-8-4-7-13(17(21)26)16(14)23-19(27)24-18/h3-9,15H,10H2,1-2H3,(H2,21,26)(H2,22,23,24,27). The summed E-state index contributed by atoms with van der Waals surface area (Å²) in [6.07, 6.45) is 0. The third-order valence-electron chi connectivity index (χ3n) is 4.14. The molecule has 4 N–H and O–H groups in total. The van der Waals surface area contributed by atoms with E-state index < -0.39 is 11.6 Å². The van der Waals surface area contributed by atoms with E-state index in [1.165, 1.54) is 18.2 Å². The number of fused-ring (bicyclic) bond motifs is 1. The van der Waals surface area contributed by atoms with Gasteiger partial charge in [-0.05, 0) is 43.9 Å². The molecule has 7 nitrogen and oxygen atoms in total. The van der Waals surface area contributed by atoms with Gasteiger partial charge < -0.3 is 20.9 Å². The van der Waals surface area contributed by atoms with Crippen molar-refractivity contribution in [3.05, 3.63) is 69.9 Å². The van der Waals surface area contributed by atoms with Crippen molar-refractivity contribution in [2.75, 3.05) is 26.0 Å². The number of benzene rings is 2. The highest BCUT2D eigenvalue weighted by molar-refractivity contribution is 6.06. The Morgan fingerprint density at radius 3 is 2.70 bits per heavy atom. The molecule has 1 heterocycles. The van der Waals surface area contributed by atoms with Crippen molar-refractivity contribution in [3.63, 3.8) is 0 Å². The van der Waals surface area contributed by atoms with E-state index in [0.29, 0.717) is 28.8 Å². The maximum atomic E-state index is 13.7. The van der Waals surface area contributed by atoms with Gasteiger partial charge in [0.25, 0.3) is 5.91 Å². The Kier molecular flexibility index (Phi) is 5.18. The van der Waals surface area contributed by atoms with Gasteiger partial charge in [0.1, 0.15) is 11.6 Å². The molecule has 8 heteroatoms. The van der Waals surface area contributed by atoms with Gasteiger partial charge in [0, 0.05) is 11.9 Å². The zero-order valence-corrected chi connectivity index (χ0v) is 15.0. The number of H-pyrrole nitrogens is 1. The van der Waals surface area contributed by atoms with Crippen molar-refractivity contribution in [1.29, 1.82) is 0 Å². The molecule has 27 heavy (non-hydrogen) atoms. The summed E-state index contributed by atoms with van der Waals surface area (Å²) in [5.74, 6) is -0.700. The average molecular weight is 369 g/mol. The lowest BCUT2D eigenvalue weighted by Crippen LogP contribution is -2.27. The Balaban J connectivity index is 2.11. The molecule has 1 unspecified atom stereocenters. The van der Waals surface area contributed by atoms with E-state index in [9.17, 15) is 14.0 Å². The second-order valence-corrected chi connectivity index (χ2v) is 6.50. The maximum Gasteiger partial charge on any atom is 0.347 e. The molecular weight excluding hydrogens is 349 g/mol. The van der Waals surface area contributed by atoms with Crippen LogP contribution in [0.4, 0.5) is 10.2 Å². The first-order valence-corrected chi connectivity index (χ1v) is 8.34. The second kappa shape index (κ2) is 7.55. The summed E-state index contributed by atoms with van der Waals surface area (Å²) in [4.78, 5) is 32.2. The lowest BCUT2D eigenvalue weighted by molar-refractivity contribution is 0.100. The third-order valence-corrected chi connectivity index (χ3v) is 4.14. The van der Waals surface area contributed by atoms with Gasteiger partial charge in [-0.1, -0.05) is 18.2 Å². The van der Waals surface area contributed by atoms with Crippen molar-refractivity contribution < 1.29 is 9.18 Å². The zero-order chi connectivity index (χ0) is 19.6. The summed E-state index contributed by atoms with van der Waals surface area (Å²) in [5, 5.41) is 3.76. The van der Waals surface area contributed by atoms with Crippen molar-refractivity contribution in [2.45, 2.75) is 6.04 Å². The molecule has 0 fully saturated rings. The Labute approximate surface area is 155 Å². The van der Waals surface area contributed by atoms with Crippen LogP contribution in [0.5, 0.6) is 0 Å². The molecule has 1 aromatic heterocycles. The van der Waals surface area contributed by atoms with Crippen LogP contribution in [-0.2, 0) is 0 Å². The lowest BCUT2D eigenvalue weighted by Gasteiger charge is -2.24. The van der Waals surface area contributed by atoms with Crippen molar-refractivity contribution in [3.8, 4) is 0 Å². The molecule has 140 valence electrons. The van der Waals surface area contributed by atoms with Crippen molar-refractivity contribution in [1.82, 2.24) is 14.9 Å². The minimum atomic E-state index is -0.650.